The van der Waals surface area contributed by atoms with Crippen LogP contribution in [0.1, 0.15) is 0 Å². The van der Waals surface area contributed by atoms with Gasteiger partial charge in [-0.2, -0.15) is 0 Å². The van der Waals surface area contributed by atoms with E-state index in [4.69, 9.17) is 0 Å². The highest BCUT2D eigenvalue weighted by Gasteiger charge is 2.22. The van der Waals surface area contributed by atoms with E-state index < -0.39 is 0 Å². The molecule has 0 amide bonds. The minimum atomic E-state index is 1.18. The van der Waals surface area contributed by atoms with Crippen LogP contribution < -0.4 is 0 Å². The predicted molar refractivity (Wildman–Crippen MR) is 267 cm³/mol. The maximum Gasteiger partial charge on any atom is -0.00259 e. The van der Waals surface area contributed by atoms with Crippen LogP contribution in [0.25, 0.3) is 121 Å². The van der Waals surface area contributed by atoms with Gasteiger partial charge in [0.25, 0.3) is 0 Å². The lowest BCUT2D eigenvalue weighted by molar-refractivity contribution is 1.58. The van der Waals surface area contributed by atoms with Crippen LogP contribution in [0.5, 0.6) is 0 Å². The third kappa shape index (κ3) is 5.92. The first kappa shape index (κ1) is 35.8. The van der Waals surface area contributed by atoms with Crippen LogP contribution in [0.4, 0.5) is 0 Å². The quantitative estimate of drug-likeness (QED) is 0.147. The Morgan fingerprint density at radius 3 is 0.887 bits per heavy atom. The normalized spacial score (nSPS) is 11.5. The van der Waals surface area contributed by atoms with Crippen molar-refractivity contribution in [2.75, 3.05) is 0 Å². The van der Waals surface area contributed by atoms with Crippen LogP contribution in [-0.2, 0) is 0 Å². The molecule has 0 heteroatoms. The Balaban J connectivity index is 1.21. The maximum atomic E-state index is 2.47. The molecule has 288 valence electrons. The maximum absolute atomic E-state index is 2.47. The van der Waals surface area contributed by atoms with Crippen molar-refractivity contribution in [1.82, 2.24) is 0 Å². The van der Waals surface area contributed by atoms with E-state index in [1.165, 1.54) is 121 Å². The largest absolute Gasteiger partial charge is 0.0622 e. The summed E-state index contributed by atoms with van der Waals surface area (Å²) in [6.45, 7) is 0. The van der Waals surface area contributed by atoms with E-state index in [1.54, 1.807) is 0 Å². The van der Waals surface area contributed by atoms with E-state index in [0.717, 1.165) is 0 Å². The molecule has 0 nitrogen and oxygen atoms in total. The average Bonchev–Trinajstić information content (AvgIpc) is 3.35. The SMILES string of the molecule is c1ccc(-c2c3ccccc3c(-c3cc(-c4ccccc4-c4ccc5ccccc5c4)cc(-c4c5ccccc5c(-c5ccccc5)c5ccccc45)c3)c3ccccc23)cc1. The lowest BCUT2D eigenvalue weighted by Gasteiger charge is -2.21. The average molecular weight is 785 g/mol. The molecule has 0 saturated heterocycles. The molecule has 0 radical (unpaired) electrons. The van der Waals surface area contributed by atoms with E-state index in [0.29, 0.717) is 0 Å². The molecule has 0 aromatic heterocycles. The number of hydrogen-bond acceptors (Lipinski definition) is 0. The number of fused-ring (bicyclic) bond motifs is 5. The molecule has 0 unspecified atom stereocenters. The fourth-order valence-corrected chi connectivity index (χ4v) is 10.1. The van der Waals surface area contributed by atoms with Gasteiger partial charge in [-0.3, -0.25) is 0 Å². The molecule has 12 rings (SSSR count). The lowest BCUT2D eigenvalue weighted by Crippen LogP contribution is -1.94. The van der Waals surface area contributed by atoms with Crippen LogP contribution in [0.3, 0.4) is 0 Å². The van der Waals surface area contributed by atoms with Crippen LogP contribution >= 0.6 is 0 Å². The van der Waals surface area contributed by atoms with Crippen LogP contribution in [-0.4, -0.2) is 0 Å². The monoisotopic (exact) mass is 784 g/mol. The second-order valence-corrected chi connectivity index (χ2v) is 16.3. The van der Waals surface area contributed by atoms with Crippen molar-refractivity contribution in [2.45, 2.75) is 0 Å². The molecular weight excluding hydrogens is 745 g/mol. The zero-order valence-electron chi connectivity index (χ0n) is 34.1. The molecule has 0 atom stereocenters. The first-order valence-electron chi connectivity index (χ1n) is 21.5. The van der Waals surface area contributed by atoms with Gasteiger partial charge in [0.2, 0.25) is 0 Å². The minimum Gasteiger partial charge on any atom is -0.0622 e. The Labute approximate surface area is 361 Å². The summed E-state index contributed by atoms with van der Waals surface area (Å²) in [6, 6.07) is 89.6. The van der Waals surface area contributed by atoms with E-state index in [2.05, 4.69) is 243 Å². The first-order chi connectivity index (χ1) is 30.8. The van der Waals surface area contributed by atoms with E-state index in [1.807, 2.05) is 0 Å². The van der Waals surface area contributed by atoms with Crippen LogP contribution in [0.2, 0.25) is 0 Å². The smallest absolute Gasteiger partial charge is 0.00259 e. The summed E-state index contributed by atoms with van der Waals surface area (Å²) < 4.78 is 0. The van der Waals surface area contributed by atoms with Crippen molar-refractivity contribution in [1.29, 1.82) is 0 Å². The second kappa shape index (κ2) is 14.9. The molecule has 0 N–H and O–H groups in total. The molecule has 0 fully saturated rings. The molecule has 62 heavy (non-hydrogen) atoms. The summed E-state index contributed by atoms with van der Waals surface area (Å²) in [4.78, 5) is 0. The zero-order valence-corrected chi connectivity index (χ0v) is 34.1. The van der Waals surface area contributed by atoms with Crippen molar-refractivity contribution in [3.05, 3.63) is 243 Å². The van der Waals surface area contributed by atoms with Crippen LogP contribution in [0.15, 0.2) is 243 Å². The number of hydrogen-bond donors (Lipinski definition) is 0. The van der Waals surface area contributed by atoms with Crippen molar-refractivity contribution in [3.63, 3.8) is 0 Å². The molecule has 0 aliphatic carbocycles. The summed E-state index contributed by atoms with van der Waals surface area (Å²) in [5.74, 6) is 0. The Bertz CT molecular complexity index is 3380. The summed E-state index contributed by atoms with van der Waals surface area (Å²) in [5.41, 5.74) is 14.7. The molecule has 0 bridgehead atoms. The van der Waals surface area contributed by atoms with Crippen molar-refractivity contribution in [3.8, 4) is 66.8 Å². The third-order valence-electron chi connectivity index (χ3n) is 12.8. The highest BCUT2D eigenvalue weighted by Crippen LogP contribution is 2.49. The number of rotatable bonds is 6. The van der Waals surface area contributed by atoms with Crippen molar-refractivity contribution in [2.24, 2.45) is 0 Å². The third-order valence-corrected chi connectivity index (χ3v) is 12.8. The van der Waals surface area contributed by atoms with Gasteiger partial charge in [-0.25, -0.2) is 0 Å². The predicted octanol–water partition coefficient (Wildman–Crippen LogP) is 17.5. The highest BCUT2D eigenvalue weighted by atomic mass is 14.2. The van der Waals surface area contributed by atoms with E-state index >= 15 is 0 Å². The number of benzene rings is 12. The Morgan fingerprint density at radius 2 is 0.468 bits per heavy atom. The molecular formula is C62H40. The van der Waals surface area contributed by atoms with Gasteiger partial charge in [0.15, 0.2) is 0 Å². The Hall–Kier alpha value is -8.06. The van der Waals surface area contributed by atoms with Crippen molar-refractivity contribution < 1.29 is 0 Å². The van der Waals surface area contributed by atoms with E-state index in [-0.39, 0.29) is 0 Å². The van der Waals surface area contributed by atoms with Gasteiger partial charge < -0.3 is 0 Å². The van der Waals surface area contributed by atoms with E-state index in [9.17, 15) is 0 Å². The fraction of sp³-hybridized carbons (Fsp3) is 0. The van der Waals surface area contributed by atoms with Gasteiger partial charge in [0.1, 0.15) is 0 Å². The Kier molecular flexibility index (Phi) is 8.61. The Morgan fingerprint density at radius 1 is 0.161 bits per heavy atom. The lowest BCUT2D eigenvalue weighted by atomic mass is 9.82. The summed E-state index contributed by atoms with van der Waals surface area (Å²) >= 11 is 0. The molecule has 12 aromatic rings. The standard InChI is InChI=1S/C62H40/c1-3-20-42(21-4-1)59-51-27-11-15-31-55(51)61(56-32-16-12-28-52(56)59)47-38-46(50-26-10-9-25-49(50)45-36-35-41-19-7-8-24-44(41)37-45)39-48(40-47)62-57-33-17-13-29-53(57)60(43-22-5-2-6-23-43)54-30-14-18-34-58(54)62/h1-40H. The van der Waals surface area contributed by atoms with Gasteiger partial charge in [-0.1, -0.05) is 218 Å². The summed E-state index contributed by atoms with van der Waals surface area (Å²) in [6.07, 6.45) is 0. The van der Waals surface area contributed by atoms with Gasteiger partial charge >= 0.3 is 0 Å². The topological polar surface area (TPSA) is 0 Å². The van der Waals surface area contributed by atoms with Crippen LogP contribution in [0, 0.1) is 0 Å². The van der Waals surface area contributed by atoms with Gasteiger partial charge in [0.05, 0.1) is 0 Å². The van der Waals surface area contributed by atoms with Crippen molar-refractivity contribution >= 4 is 53.9 Å². The zero-order chi connectivity index (χ0) is 41.0. The highest BCUT2D eigenvalue weighted by molar-refractivity contribution is 6.24. The molecule has 0 aliphatic heterocycles. The first-order valence-corrected chi connectivity index (χ1v) is 21.5. The molecule has 0 saturated carbocycles. The van der Waals surface area contributed by atoms with Gasteiger partial charge in [0, 0.05) is 0 Å². The molecule has 12 aromatic carbocycles. The molecule has 0 heterocycles. The summed E-state index contributed by atoms with van der Waals surface area (Å²) in [5, 5.41) is 12.4. The summed E-state index contributed by atoms with van der Waals surface area (Å²) in [7, 11) is 0. The molecule has 0 aliphatic rings. The minimum absolute atomic E-state index is 1.18. The van der Waals surface area contributed by atoms with Gasteiger partial charge in [-0.15, -0.1) is 0 Å². The molecule has 0 spiro atoms. The fourth-order valence-electron chi connectivity index (χ4n) is 10.1. The second-order valence-electron chi connectivity index (χ2n) is 16.3. The van der Waals surface area contributed by atoms with Gasteiger partial charge in [-0.05, 0) is 145 Å².